The highest BCUT2D eigenvalue weighted by Crippen LogP contribution is 2.40. The molecule has 1 aliphatic rings. The van der Waals surface area contributed by atoms with Crippen molar-refractivity contribution in [3.8, 4) is 17.6 Å². The molecule has 0 fully saturated rings. The lowest BCUT2D eigenvalue weighted by molar-refractivity contribution is 0.173. The van der Waals surface area contributed by atoms with Crippen molar-refractivity contribution in [2.24, 2.45) is 0 Å². The fraction of sp³-hybridized carbons (Fsp3) is 0.222. The van der Waals surface area contributed by atoms with Gasteiger partial charge in [0.05, 0.1) is 5.56 Å². The highest BCUT2D eigenvalue weighted by Gasteiger charge is 2.20. The van der Waals surface area contributed by atoms with Crippen LogP contribution in [0.4, 0.5) is 0 Å². The molecule has 0 saturated carbocycles. The number of benzene rings is 1. The summed E-state index contributed by atoms with van der Waals surface area (Å²) in [4.78, 5) is 0. The average Bonchev–Trinajstić information content (AvgIpc) is 2.59. The maximum Gasteiger partial charge on any atom is 0.231 e. The van der Waals surface area contributed by atoms with Crippen LogP contribution < -0.4 is 9.47 Å². The third-order valence-electron chi connectivity index (χ3n) is 1.94. The highest BCUT2D eigenvalue weighted by atomic mass is 79.9. The summed E-state index contributed by atoms with van der Waals surface area (Å²) < 4.78 is 11.2. The van der Waals surface area contributed by atoms with Gasteiger partial charge in [0, 0.05) is 16.1 Å². The minimum absolute atomic E-state index is 0.234. The number of hydrogen-bond donors (Lipinski definition) is 0. The van der Waals surface area contributed by atoms with Crippen molar-refractivity contribution in [2.75, 3.05) is 6.79 Å². The van der Waals surface area contributed by atoms with Crippen LogP contribution in [-0.4, -0.2) is 6.79 Å². The van der Waals surface area contributed by atoms with Crippen molar-refractivity contribution in [2.45, 2.75) is 6.92 Å². The lowest BCUT2D eigenvalue weighted by atomic mass is 10.1. The quantitative estimate of drug-likeness (QED) is 0.698. The SMILES string of the molecule is Cc1c(Br)c(C#N)cc2c1OCO2. The summed E-state index contributed by atoms with van der Waals surface area (Å²) in [6.07, 6.45) is 0. The van der Waals surface area contributed by atoms with E-state index < -0.39 is 0 Å². The molecule has 13 heavy (non-hydrogen) atoms. The molecule has 66 valence electrons. The Hall–Kier alpha value is -1.21. The smallest absolute Gasteiger partial charge is 0.231 e. The number of halogens is 1. The minimum Gasteiger partial charge on any atom is -0.454 e. The van der Waals surface area contributed by atoms with Crippen molar-refractivity contribution < 1.29 is 9.47 Å². The van der Waals surface area contributed by atoms with Gasteiger partial charge in [0.25, 0.3) is 0 Å². The van der Waals surface area contributed by atoms with Gasteiger partial charge < -0.3 is 9.47 Å². The van der Waals surface area contributed by atoms with Crippen molar-refractivity contribution >= 4 is 15.9 Å². The van der Waals surface area contributed by atoms with Gasteiger partial charge >= 0.3 is 0 Å². The first kappa shape index (κ1) is 8.39. The molecule has 0 spiro atoms. The zero-order chi connectivity index (χ0) is 9.42. The molecule has 0 aliphatic carbocycles. The van der Waals surface area contributed by atoms with Gasteiger partial charge in [-0.3, -0.25) is 0 Å². The second kappa shape index (κ2) is 2.93. The predicted octanol–water partition coefficient (Wildman–Crippen LogP) is 2.36. The molecule has 1 aromatic rings. The Morgan fingerprint density at radius 3 is 3.00 bits per heavy atom. The molecule has 1 aliphatic heterocycles. The molecule has 0 bridgehead atoms. The molecule has 0 radical (unpaired) electrons. The molecule has 1 heterocycles. The van der Waals surface area contributed by atoms with E-state index in [-0.39, 0.29) is 6.79 Å². The van der Waals surface area contributed by atoms with Crippen LogP contribution in [0.5, 0.6) is 11.5 Å². The molecule has 0 unspecified atom stereocenters. The van der Waals surface area contributed by atoms with Crippen LogP contribution in [0.1, 0.15) is 11.1 Å². The van der Waals surface area contributed by atoms with Crippen molar-refractivity contribution in [1.82, 2.24) is 0 Å². The van der Waals surface area contributed by atoms with Gasteiger partial charge in [-0.25, -0.2) is 0 Å². The van der Waals surface area contributed by atoms with E-state index in [1.54, 1.807) is 6.07 Å². The van der Waals surface area contributed by atoms with Gasteiger partial charge in [-0.2, -0.15) is 5.26 Å². The highest BCUT2D eigenvalue weighted by molar-refractivity contribution is 9.10. The van der Waals surface area contributed by atoms with Crippen molar-refractivity contribution in [3.05, 3.63) is 21.7 Å². The minimum atomic E-state index is 0.234. The van der Waals surface area contributed by atoms with E-state index in [9.17, 15) is 0 Å². The fourth-order valence-corrected chi connectivity index (χ4v) is 1.65. The first-order chi connectivity index (χ1) is 6.24. The largest absolute Gasteiger partial charge is 0.454 e. The van der Waals surface area contributed by atoms with Gasteiger partial charge in [0.15, 0.2) is 11.5 Å². The Balaban J connectivity index is 2.70. The summed E-state index contributed by atoms with van der Waals surface area (Å²) in [5, 5.41) is 8.80. The van der Waals surface area contributed by atoms with Crippen molar-refractivity contribution in [1.29, 1.82) is 5.26 Å². The molecule has 1 aromatic carbocycles. The van der Waals surface area contributed by atoms with Crippen LogP contribution in [0.15, 0.2) is 10.5 Å². The summed E-state index contributed by atoms with van der Waals surface area (Å²) in [6, 6.07) is 3.76. The average molecular weight is 240 g/mol. The molecule has 0 aromatic heterocycles. The molecule has 0 amide bonds. The zero-order valence-electron chi connectivity index (χ0n) is 6.93. The maximum absolute atomic E-state index is 8.80. The molecule has 0 atom stereocenters. The Morgan fingerprint density at radius 1 is 1.54 bits per heavy atom. The first-order valence-corrected chi connectivity index (χ1v) is 4.52. The van der Waals surface area contributed by atoms with E-state index >= 15 is 0 Å². The summed E-state index contributed by atoms with van der Waals surface area (Å²) >= 11 is 3.34. The summed E-state index contributed by atoms with van der Waals surface area (Å²) in [6.45, 7) is 2.12. The zero-order valence-corrected chi connectivity index (χ0v) is 8.51. The lowest BCUT2D eigenvalue weighted by Gasteiger charge is -2.04. The predicted molar refractivity (Wildman–Crippen MR) is 49.7 cm³/mol. The van der Waals surface area contributed by atoms with Crippen LogP contribution >= 0.6 is 15.9 Å². The number of rotatable bonds is 0. The van der Waals surface area contributed by atoms with E-state index in [0.29, 0.717) is 11.3 Å². The monoisotopic (exact) mass is 239 g/mol. The van der Waals surface area contributed by atoms with Gasteiger partial charge in [-0.05, 0) is 22.9 Å². The van der Waals surface area contributed by atoms with Crippen LogP contribution in [0, 0.1) is 18.3 Å². The fourth-order valence-electron chi connectivity index (χ4n) is 1.27. The van der Waals surface area contributed by atoms with Crippen molar-refractivity contribution in [3.63, 3.8) is 0 Å². The Kier molecular flexibility index (Phi) is 1.89. The van der Waals surface area contributed by atoms with Gasteiger partial charge in [0.2, 0.25) is 6.79 Å². The maximum atomic E-state index is 8.80. The first-order valence-electron chi connectivity index (χ1n) is 3.73. The topological polar surface area (TPSA) is 42.2 Å². The second-order valence-corrected chi connectivity index (χ2v) is 3.50. The third kappa shape index (κ3) is 1.16. The number of ether oxygens (including phenoxy) is 2. The van der Waals surface area contributed by atoms with Crippen LogP contribution in [0.3, 0.4) is 0 Å². The Labute approximate surface area is 84.0 Å². The van der Waals surface area contributed by atoms with E-state index in [4.69, 9.17) is 14.7 Å². The summed E-state index contributed by atoms with van der Waals surface area (Å²) in [5.74, 6) is 1.38. The van der Waals surface area contributed by atoms with Crippen LogP contribution in [-0.2, 0) is 0 Å². The van der Waals surface area contributed by atoms with Crippen LogP contribution in [0.2, 0.25) is 0 Å². The van der Waals surface area contributed by atoms with Gasteiger partial charge in [-0.15, -0.1) is 0 Å². The molecule has 2 rings (SSSR count). The van der Waals surface area contributed by atoms with E-state index in [1.165, 1.54) is 0 Å². The normalized spacial score (nSPS) is 12.7. The van der Waals surface area contributed by atoms with E-state index in [0.717, 1.165) is 15.8 Å². The third-order valence-corrected chi connectivity index (χ3v) is 2.97. The molecule has 4 heteroatoms. The number of nitriles is 1. The second-order valence-electron chi connectivity index (χ2n) is 2.71. The van der Waals surface area contributed by atoms with Crippen LogP contribution in [0.25, 0.3) is 0 Å². The molecule has 0 N–H and O–H groups in total. The lowest BCUT2D eigenvalue weighted by Crippen LogP contribution is -1.93. The summed E-state index contributed by atoms with van der Waals surface area (Å²) in [5.41, 5.74) is 1.48. The van der Waals surface area contributed by atoms with Gasteiger partial charge in [-0.1, -0.05) is 0 Å². The number of hydrogen-bond acceptors (Lipinski definition) is 3. The Morgan fingerprint density at radius 2 is 2.31 bits per heavy atom. The standard InChI is InChI=1S/C9H6BrNO2/c1-5-8(10)6(3-11)2-7-9(5)13-4-12-7/h2H,4H2,1H3. The number of nitrogens with zero attached hydrogens (tertiary/aromatic N) is 1. The molecule has 3 nitrogen and oxygen atoms in total. The molecular weight excluding hydrogens is 234 g/mol. The summed E-state index contributed by atoms with van der Waals surface area (Å²) in [7, 11) is 0. The number of fused-ring (bicyclic) bond motifs is 1. The Bertz CT molecular complexity index is 405. The van der Waals surface area contributed by atoms with Gasteiger partial charge in [0.1, 0.15) is 6.07 Å². The molecular formula is C9H6BrNO2. The van der Waals surface area contributed by atoms with E-state index in [1.807, 2.05) is 6.92 Å². The molecule has 0 saturated heterocycles. The van der Waals surface area contributed by atoms with E-state index in [2.05, 4.69) is 22.0 Å².